The first kappa shape index (κ1) is 13.4. The molecule has 0 spiro atoms. The standard InChI is InChI=1S/C16H19NO3/c1-2-19-13-6-4-3-5-12(13)15(18)16(10-17)9-11-7-8-14(16)20-11/h3-6,11,14-15,18H,2,7-9H2,1H3. The number of ether oxygens (including phenoxy) is 2. The van der Waals surface area contributed by atoms with E-state index < -0.39 is 11.5 Å². The number of aliphatic hydroxyl groups excluding tert-OH is 1. The highest BCUT2D eigenvalue weighted by Gasteiger charge is 2.57. The molecule has 2 aliphatic rings. The van der Waals surface area contributed by atoms with Crippen molar-refractivity contribution in [2.24, 2.45) is 5.41 Å². The van der Waals surface area contributed by atoms with E-state index in [-0.39, 0.29) is 12.2 Å². The molecule has 1 aromatic carbocycles. The highest BCUT2D eigenvalue weighted by molar-refractivity contribution is 5.38. The van der Waals surface area contributed by atoms with E-state index in [9.17, 15) is 10.4 Å². The van der Waals surface area contributed by atoms with Crippen LogP contribution in [0.1, 0.15) is 37.9 Å². The van der Waals surface area contributed by atoms with Gasteiger partial charge in [-0.1, -0.05) is 18.2 Å². The molecule has 4 heteroatoms. The summed E-state index contributed by atoms with van der Waals surface area (Å²) in [6.07, 6.45) is 1.54. The Balaban J connectivity index is 1.96. The van der Waals surface area contributed by atoms with E-state index in [1.807, 2.05) is 31.2 Å². The third-order valence-electron chi connectivity index (χ3n) is 4.46. The number of nitriles is 1. The second-order valence-corrected chi connectivity index (χ2v) is 5.55. The van der Waals surface area contributed by atoms with Gasteiger partial charge in [0.05, 0.1) is 24.9 Å². The number of fused-ring (bicyclic) bond motifs is 2. The van der Waals surface area contributed by atoms with E-state index in [1.54, 1.807) is 0 Å². The lowest BCUT2D eigenvalue weighted by atomic mass is 9.69. The van der Waals surface area contributed by atoms with Gasteiger partial charge in [0.2, 0.25) is 0 Å². The first-order valence-electron chi connectivity index (χ1n) is 7.17. The average molecular weight is 273 g/mol. The maximum Gasteiger partial charge on any atom is 0.125 e. The van der Waals surface area contributed by atoms with Crippen LogP contribution < -0.4 is 4.74 Å². The van der Waals surface area contributed by atoms with Crippen LogP contribution in [0, 0.1) is 16.7 Å². The molecule has 4 atom stereocenters. The van der Waals surface area contributed by atoms with E-state index >= 15 is 0 Å². The number of para-hydroxylation sites is 1. The van der Waals surface area contributed by atoms with E-state index in [1.165, 1.54) is 0 Å². The summed E-state index contributed by atoms with van der Waals surface area (Å²) in [4.78, 5) is 0. The van der Waals surface area contributed by atoms with Crippen molar-refractivity contribution in [2.75, 3.05) is 6.61 Å². The zero-order valence-corrected chi connectivity index (χ0v) is 11.6. The summed E-state index contributed by atoms with van der Waals surface area (Å²) in [5.41, 5.74) is -0.150. The number of benzene rings is 1. The van der Waals surface area contributed by atoms with Crippen molar-refractivity contribution in [1.82, 2.24) is 0 Å². The normalized spacial score (nSPS) is 32.9. The van der Waals surface area contributed by atoms with Crippen molar-refractivity contribution < 1.29 is 14.6 Å². The van der Waals surface area contributed by atoms with Gasteiger partial charge >= 0.3 is 0 Å². The molecule has 0 aromatic heterocycles. The predicted octanol–water partition coefficient (Wildman–Crippen LogP) is 2.58. The highest BCUT2D eigenvalue weighted by atomic mass is 16.5. The molecule has 0 radical (unpaired) electrons. The smallest absolute Gasteiger partial charge is 0.125 e. The molecule has 20 heavy (non-hydrogen) atoms. The van der Waals surface area contributed by atoms with Gasteiger partial charge in [0, 0.05) is 5.56 Å². The number of hydrogen-bond acceptors (Lipinski definition) is 4. The van der Waals surface area contributed by atoms with Crippen LogP contribution in [0.3, 0.4) is 0 Å². The van der Waals surface area contributed by atoms with Gasteiger partial charge in [-0.2, -0.15) is 5.26 Å². The van der Waals surface area contributed by atoms with Crippen LogP contribution in [0.2, 0.25) is 0 Å². The molecular weight excluding hydrogens is 254 g/mol. The van der Waals surface area contributed by atoms with E-state index in [2.05, 4.69) is 6.07 Å². The van der Waals surface area contributed by atoms with Gasteiger partial charge in [-0.3, -0.25) is 0 Å². The summed E-state index contributed by atoms with van der Waals surface area (Å²) in [6, 6.07) is 9.75. The molecule has 3 rings (SSSR count). The largest absolute Gasteiger partial charge is 0.493 e. The SMILES string of the molecule is CCOc1ccccc1C(O)C1(C#N)CC2CCC1O2. The monoisotopic (exact) mass is 273 g/mol. The third-order valence-corrected chi connectivity index (χ3v) is 4.46. The molecule has 2 heterocycles. The Morgan fingerprint density at radius 1 is 1.50 bits per heavy atom. The van der Waals surface area contributed by atoms with Gasteiger partial charge in [-0.25, -0.2) is 0 Å². The van der Waals surface area contributed by atoms with Crippen LogP contribution in [-0.2, 0) is 4.74 Å². The molecule has 4 nitrogen and oxygen atoms in total. The van der Waals surface area contributed by atoms with Crippen LogP contribution in [-0.4, -0.2) is 23.9 Å². The molecule has 1 aromatic rings. The highest BCUT2D eigenvalue weighted by Crippen LogP contribution is 2.54. The van der Waals surface area contributed by atoms with Crippen LogP contribution in [0.25, 0.3) is 0 Å². The number of rotatable bonds is 4. The molecule has 2 bridgehead atoms. The number of nitrogens with zero attached hydrogens (tertiary/aromatic N) is 1. The molecule has 4 unspecified atom stereocenters. The van der Waals surface area contributed by atoms with Crippen LogP contribution >= 0.6 is 0 Å². The number of aliphatic hydroxyl groups is 1. The van der Waals surface area contributed by atoms with Gasteiger partial charge < -0.3 is 14.6 Å². The summed E-state index contributed by atoms with van der Waals surface area (Å²) in [5, 5.41) is 20.5. The van der Waals surface area contributed by atoms with Crippen LogP contribution in [0.15, 0.2) is 24.3 Å². The molecule has 1 N–H and O–H groups in total. The minimum atomic E-state index is -0.870. The van der Waals surface area contributed by atoms with E-state index in [0.717, 1.165) is 12.8 Å². The van der Waals surface area contributed by atoms with E-state index in [4.69, 9.17) is 9.47 Å². The van der Waals surface area contributed by atoms with Gasteiger partial charge in [0.25, 0.3) is 0 Å². The second kappa shape index (κ2) is 5.08. The van der Waals surface area contributed by atoms with Crippen molar-refractivity contribution in [3.05, 3.63) is 29.8 Å². The Labute approximate surface area is 118 Å². The Hall–Kier alpha value is -1.57. The molecule has 0 amide bonds. The first-order valence-corrected chi connectivity index (χ1v) is 7.17. The maximum atomic E-state index is 10.8. The molecule has 0 saturated carbocycles. The minimum absolute atomic E-state index is 0.119. The lowest BCUT2D eigenvalue weighted by Gasteiger charge is -2.33. The second-order valence-electron chi connectivity index (χ2n) is 5.55. The zero-order valence-electron chi connectivity index (χ0n) is 11.6. The Bertz CT molecular complexity index is 539. The quantitative estimate of drug-likeness (QED) is 0.915. The Kier molecular flexibility index (Phi) is 3.41. The minimum Gasteiger partial charge on any atom is -0.493 e. The zero-order chi connectivity index (χ0) is 14.2. The maximum absolute atomic E-state index is 10.8. The van der Waals surface area contributed by atoms with Crippen molar-refractivity contribution in [3.63, 3.8) is 0 Å². The predicted molar refractivity (Wildman–Crippen MR) is 73.1 cm³/mol. The van der Waals surface area contributed by atoms with Crippen molar-refractivity contribution >= 4 is 0 Å². The lowest BCUT2D eigenvalue weighted by molar-refractivity contribution is 0.00215. The fourth-order valence-electron chi connectivity index (χ4n) is 3.48. The fraction of sp³-hybridized carbons (Fsp3) is 0.562. The van der Waals surface area contributed by atoms with Crippen LogP contribution in [0.4, 0.5) is 0 Å². The van der Waals surface area contributed by atoms with Gasteiger partial charge in [-0.15, -0.1) is 0 Å². The number of hydrogen-bond donors (Lipinski definition) is 1. The summed E-state index contributed by atoms with van der Waals surface area (Å²) in [6.45, 7) is 2.44. The van der Waals surface area contributed by atoms with Gasteiger partial charge in [-0.05, 0) is 32.3 Å². The Morgan fingerprint density at radius 3 is 2.90 bits per heavy atom. The van der Waals surface area contributed by atoms with E-state index in [0.29, 0.717) is 24.3 Å². The Morgan fingerprint density at radius 2 is 2.30 bits per heavy atom. The summed E-state index contributed by atoms with van der Waals surface area (Å²) >= 11 is 0. The first-order chi connectivity index (χ1) is 9.71. The molecule has 2 aliphatic heterocycles. The molecular formula is C16H19NO3. The summed E-state index contributed by atoms with van der Waals surface area (Å²) in [7, 11) is 0. The average Bonchev–Trinajstić information content (AvgIpc) is 3.08. The molecule has 2 saturated heterocycles. The molecule has 0 aliphatic carbocycles. The van der Waals surface area contributed by atoms with Crippen LogP contribution in [0.5, 0.6) is 5.75 Å². The summed E-state index contributed by atoms with van der Waals surface area (Å²) in [5.74, 6) is 0.653. The lowest BCUT2D eigenvalue weighted by Crippen LogP contribution is -2.37. The van der Waals surface area contributed by atoms with Gasteiger partial charge in [0.1, 0.15) is 17.3 Å². The topological polar surface area (TPSA) is 62.5 Å². The van der Waals surface area contributed by atoms with Crippen molar-refractivity contribution in [1.29, 1.82) is 5.26 Å². The molecule has 106 valence electrons. The molecule has 2 fully saturated rings. The fourth-order valence-corrected chi connectivity index (χ4v) is 3.48. The third kappa shape index (κ3) is 1.90. The van der Waals surface area contributed by atoms with Gasteiger partial charge in [0.15, 0.2) is 0 Å². The van der Waals surface area contributed by atoms with Crippen molar-refractivity contribution in [2.45, 2.75) is 44.5 Å². The summed E-state index contributed by atoms with van der Waals surface area (Å²) < 4.78 is 11.4. The van der Waals surface area contributed by atoms with Crippen molar-refractivity contribution in [3.8, 4) is 11.8 Å².